The minimum absolute atomic E-state index is 0.205. The van der Waals surface area contributed by atoms with E-state index in [2.05, 4.69) is 14.9 Å². The zero-order chi connectivity index (χ0) is 19.0. The number of rotatable bonds is 4. The molecule has 1 aliphatic heterocycles. The molecule has 0 amide bonds. The number of nitrogens with one attached hydrogen (secondary N) is 1. The SMILES string of the molecule is NC1CCN(c2ccc(-c3nc4cc(CO)cc(C=O)c4c(=O)[nH]3)cc2)C1. The quantitative estimate of drug-likeness (QED) is 0.604. The number of carbonyl (C=O) groups excluding carboxylic acids is 1. The molecule has 138 valence electrons. The number of aromatic nitrogens is 2. The number of H-pyrrole nitrogens is 1. The third-order valence-electron chi connectivity index (χ3n) is 4.94. The van der Waals surface area contributed by atoms with Gasteiger partial charge in [0.1, 0.15) is 5.82 Å². The Morgan fingerprint density at radius 3 is 2.70 bits per heavy atom. The number of aliphatic hydroxyl groups excluding tert-OH is 1. The summed E-state index contributed by atoms with van der Waals surface area (Å²) in [6, 6.07) is 11.1. The highest BCUT2D eigenvalue weighted by Gasteiger charge is 2.19. The van der Waals surface area contributed by atoms with Gasteiger partial charge in [-0.25, -0.2) is 4.98 Å². The van der Waals surface area contributed by atoms with Crippen molar-refractivity contribution in [3.63, 3.8) is 0 Å². The smallest absolute Gasteiger partial charge is 0.259 e. The van der Waals surface area contributed by atoms with Crippen molar-refractivity contribution in [2.24, 2.45) is 5.73 Å². The van der Waals surface area contributed by atoms with Gasteiger partial charge in [-0.15, -0.1) is 0 Å². The van der Waals surface area contributed by atoms with Crippen molar-refractivity contribution in [2.45, 2.75) is 19.1 Å². The van der Waals surface area contributed by atoms with Crippen LogP contribution in [0.4, 0.5) is 5.69 Å². The van der Waals surface area contributed by atoms with Gasteiger partial charge in [0.05, 0.1) is 17.5 Å². The van der Waals surface area contributed by atoms with E-state index in [0.29, 0.717) is 23.2 Å². The Bertz CT molecular complexity index is 1060. The molecular formula is C20H20N4O3. The van der Waals surface area contributed by atoms with Crippen molar-refractivity contribution in [1.29, 1.82) is 0 Å². The van der Waals surface area contributed by atoms with Crippen molar-refractivity contribution >= 4 is 22.9 Å². The van der Waals surface area contributed by atoms with Crippen LogP contribution in [0.3, 0.4) is 0 Å². The average Bonchev–Trinajstić information content (AvgIpc) is 3.13. The lowest BCUT2D eigenvalue weighted by Gasteiger charge is -2.18. The molecule has 1 aliphatic rings. The summed E-state index contributed by atoms with van der Waals surface area (Å²) in [5, 5.41) is 9.61. The molecule has 4 N–H and O–H groups in total. The molecule has 1 fully saturated rings. The van der Waals surface area contributed by atoms with Crippen molar-refractivity contribution in [3.8, 4) is 11.4 Å². The van der Waals surface area contributed by atoms with Gasteiger partial charge in [-0.05, 0) is 48.4 Å². The van der Waals surface area contributed by atoms with Gasteiger partial charge in [-0.2, -0.15) is 0 Å². The van der Waals surface area contributed by atoms with Crippen LogP contribution in [0, 0.1) is 0 Å². The van der Waals surface area contributed by atoms with E-state index in [4.69, 9.17) is 5.73 Å². The summed E-state index contributed by atoms with van der Waals surface area (Å²) in [5.41, 5.74) is 8.58. The monoisotopic (exact) mass is 364 g/mol. The van der Waals surface area contributed by atoms with E-state index in [-0.39, 0.29) is 29.2 Å². The molecule has 2 aromatic carbocycles. The van der Waals surface area contributed by atoms with Crippen LogP contribution in [0.25, 0.3) is 22.3 Å². The number of hydrogen-bond acceptors (Lipinski definition) is 6. The van der Waals surface area contributed by atoms with Crippen LogP contribution >= 0.6 is 0 Å². The third kappa shape index (κ3) is 3.22. The summed E-state index contributed by atoms with van der Waals surface area (Å²) in [6.45, 7) is 1.54. The predicted octanol–water partition coefficient (Wildman–Crippen LogP) is 1.43. The lowest BCUT2D eigenvalue weighted by molar-refractivity contribution is 0.112. The number of aldehydes is 1. The van der Waals surface area contributed by atoms with Gasteiger partial charge in [0.15, 0.2) is 6.29 Å². The zero-order valence-corrected chi connectivity index (χ0v) is 14.7. The number of anilines is 1. The predicted molar refractivity (Wildman–Crippen MR) is 104 cm³/mol. The molecule has 0 radical (unpaired) electrons. The minimum Gasteiger partial charge on any atom is -0.392 e. The van der Waals surface area contributed by atoms with Crippen LogP contribution in [-0.2, 0) is 6.61 Å². The fourth-order valence-corrected chi connectivity index (χ4v) is 3.54. The minimum atomic E-state index is -0.379. The standard InChI is InChI=1S/C20H20N4O3/c21-15-5-6-24(9-15)16-3-1-13(2-4-16)19-22-17-8-12(10-25)7-14(11-26)18(17)20(27)23-19/h1-4,7-8,11,15,25H,5-6,9-10,21H2,(H,22,23,27). The number of aromatic amines is 1. The maximum Gasteiger partial charge on any atom is 0.259 e. The summed E-state index contributed by atoms with van der Waals surface area (Å²) in [4.78, 5) is 33.3. The molecule has 3 aromatic rings. The topological polar surface area (TPSA) is 112 Å². The Morgan fingerprint density at radius 2 is 2.07 bits per heavy atom. The van der Waals surface area contributed by atoms with Gasteiger partial charge >= 0.3 is 0 Å². The first-order valence-electron chi connectivity index (χ1n) is 8.83. The summed E-state index contributed by atoms with van der Waals surface area (Å²) in [6.07, 6.45) is 1.58. The molecule has 2 heterocycles. The maximum absolute atomic E-state index is 12.5. The van der Waals surface area contributed by atoms with Gasteiger partial charge < -0.3 is 20.7 Å². The number of carbonyl (C=O) groups is 1. The van der Waals surface area contributed by atoms with E-state index in [1.807, 2.05) is 24.3 Å². The number of aliphatic hydroxyl groups is 1. The number of fused-ring (bicyclic) bond motifs is 1. The van der Waals surface area contributed by atoms with Crippen LogP contribution < -0.4 is 16.2 Å². The third-order valence-corrected chi connectivity index (χ3v) is 4.94. The molecule has 7 heteroatoms. The molecule has 0 bridgehead atoms. The van der Waals surface area contributed by atoms with Gasteiger partial charge in [-0.1, -0.05) is 0 Å². The number of nitrogens with two attached hydrogens (primary N) is 1. The van der Waals surface area contributed by atoms with Crippen molar-refractivity contribution in [2.75, 3.05) is 18.0 Å². The van der Waals surface area contributed by atoms with Gasteiger partial charge in [0.2, 0.25) is 0 Å². The Labute approximate surface area is 155 Å². The molecule has 1 unspecified atom stereocenters. The molecule has 27 heavy (non-hydrogen) atoms. The van der Waals surface area contributed by atoms with Crippen molar-refractivity contribution in [3.05, 3.63) is 57.9 Å². The highest BCUT2D eigenvalue weighted by Crippen LogP contribution is 2.24. The summed E-state index contributed by atoms with van der Waals surface area (Å²) >= 11 is 0. The summed E-state index contributed by atoms with van der Waals surface area (Å²) in [7, 11) is 0. The van der Waals surface area contributed by atoms with E-state index in [0.717, 1.165) is 30.8 Å². The van der Waals surface area contributed by atoms with E-state index in [1.165, 1.54) is 6.07 Å². The molecule has 1 atom stereocenters. The first-order valence-corrected chi connectivity index (χ1v) is 8.83. The Balaban J connectivity index is 1.75. The molecule has 0 saturated carbocycles. The van der Waals surface area contributed by atoms with Gasteiger partial charge in [-0.3, -0.25) is 9.59 Å². The first kappa shape index (κ1) is 17.4. The lowest BCUT2D eigenvalue weighted by atomic mass is 10.1. The first-order chi connectivity index (χ1) is 13.1. The molecular weight excluding hydrogens is 344 g/mol. The Kier molecular flexibility index (Phi) is 4.47. The maximum atomic E-state index is 12.5. The van der Waals surface area contributed by atoms with Crippen molar-refractivity contribution < 1.29 is 9.90 Å². The fraction of sp³-hybridized carbons (Fsp3) is 0.250. The molecule has 1 saturated heterocycles. The normalized spacial score (nSPS) is 16.8. The number of benzene rings is 2. The van der Waals surface area contributed by atoms with Crippen LogP contribution in [0.1, 0.15) is 22.3 Å². The van der Waals surface area contributed by atoms with E-state index >= 15 is 0 Å². The average molecular weight is 364 g/mol. The highest BCUT2D eigenvalue weighted by molar-refractivity contribution is 5.96. The second-order valence-corrected chi connectivity index (χ2v) is 6.81. The van der Waals surface area contributed by atoms with Crippen LogP contribution in [0.15, 0.2) is 41.2 Å². The molecule has 1 aromatic heterocycles. The van der Waals surface area contributed by atoms with Gasteiger partial charge in [0.25, 0.3) is 5.56 Å². The Hall–Kier alpha value is -3.03. The molecule has 4 rings (SSSR count). The van der Waals surface area contributed by atoms with Crippen LogP contribution in [0.5, 0.6) is 0 Å². The lowest BCUT2D eigenvalue weighted by Crippen LogP contribution is -2.26. The molecule has 7 nitrogen and oxygen atoms in total. The molecule has 0 spiro atoms. The largest absolute Gasteiger partial charge is 0.392 e. The second kappa shape index (κ2) is 6.94. The fourth-order valence-electron chi connectivity index (χ4n) is 3.54. The molecule has 0 aliphatic carbocycles. The van der Waals surface area contributed by atoms with Gasteiger partial charge in [0, 0.05) is 35.9 Å². The van der Waals surface area contributed by atoms with E-state index in [9.17, 15) is 14.7 Å². The second-order valence-electron chi connectivity index (χ2n) is 6.81. The number of hydrogen-bond donors (Lipinski definition) is 3. The Morgan fingerprint density at radius 1 is 1.30 bits per heavy atom. The van der Waals surface area contributed by atoms with Crippen LogP contribution in [-0.4, -0.2) is 40.5 Å². The van der Waals surface area contributed by atoms with E-state index in [1.54, 1.807) is 6.07 Å². The zero-order valence-electron chi connectivity index (χ0n) is 14.7. The summed E-state index contributed by atoms with van der Waals surface area (Å²) in [5.74, 6) is 0.420. The highest BCUT2D eigenvalue weighted by atomic mass is 16.3. The van der Waals surface area contributed by atoms with E-state index < -0.39 is 0 Å². The number of nitrogens with zero attached hydrogens (tertiary/aromatic N) is 2. The summed E-state index contributed by atoms with van der Waals surface area (Å²) < 4.78 is 0. The van der Waals surface area contributed by atoms with Crippen molar-refractivity contribution in [1.82, 2.24) is 9.97 Å². The van der Waals surface area contributed by atoms with Crippen LogP contribution in [0.2, 0.25) is 0 Å².